The molecule has 0 amide bonds. The first kappa shape index (κ1) is 8.72. The van der Waals surface area contributed by atoms with Gasteiger partial charge in [-0.2, -0.15) is 0 Å². The second kappa shape index (κ2) is 4.50. The summed E-state index contributed by atoms with van der Waals surface area (Å²) in [4.78, 5) is 0. The highest BCUT2D eigenvalue weighted by atomic mass is 14.4. The molecule has 1 aromatic rings. The summed E-state index contributed by atoms with van der Waals surface area (Å²) in [7, 11) is 0. The van der Waals surface area contributed by atoms with Gasteiger partial charge in [0.15, 0.2) is 0 Å². The lowest BCUT2D eigenvalue weighted by Gasteiger charge is -1.95. The lowest BCUT2D eigenvalue weighted by atomic mass is 10.1. The molecule has 0 heterocycles. The van der Waals surface area contributed by atoms with Crippen molar-refractivity contribution in [2.24, 2.45) is 0 Å². The van der Waals surface area contributed by atoms with Crippen LogP contribution in [0, 0.1) is 5.41 Å². The molecule has 0 aromatic heterocycles. The van der Waals surface area contributed by atoms with E-state index in [1.54, 1.807) is 0 Å². The van der Waals surface area contributed by atoms with Crippen molar-refractivity contribution in [2.45, 2.75) is 13.3 Å². The number of hydrogen-bond acceptors (Lipinski definition) is 1. The quantitative estimate of drug-likeness (QED) is 0.655. The molecular weight excluding hydrogens is 146 g/mol. The van der Waals surface area contributed by atoms with Gasteiger partial charge in [-0.25, -0.2) is 0 Å². The molecule has 0 aliphatic carbocycles. The van der Waals surface area contributed by atoms with Gasteiger partial charge in [-0.3, -0.25) is 0 Å². The molecule has 1 heteroatoms. The molecule has 12 heavy (non-hydrogen) atoms. The summed E-state index contributed by atoms with van der Waals surface area (Å²) in [5.41, 5.74) is 1.56. The van der Waals surface area contributed by atoms with Crippen LogP contribution in [0.2, 0.25) is 0 Å². The molecule has 0 saturated heterocycles. The molecule has 0 aliphatic rings. The van der Waals surface area contributed by atoms with Gasteiger partial charge in [0.05, 0.1) is 5.71 Å². The standard InChI is InChI=1S/C11H13N/c1-2-3-9-11(12)10-7-5-4-6-8-10/h3-9,12H,2H2,1H3/b9-3-,12-11?. The average Bonchev–Trinajstić information content (AvgIpc) is 2.15. The van der Waals surface area contributed by atoms with Crippen molar-refractivity contribution in [1.29, 1.82) is 5.41 Å². The van der Waals surface area contributed by atoms with E-state index >= 15 is 0 Å². The van der Waals surface area contributed by atoms with Gasteiger partial charge in [-0.1, -0.05) is 43.3 Å². The minimum absolute atomic E-state index is 0.581. The van der Waals surface area contributed by atoms with Crippen molar-refractivity contribution in [3.8, 4) is 0 Å². The van der Waals surface area contributed by atoms with E-state index in [0.29, 0.717) is 5.71 Å². The molecule has 1 nitrogen and oxygen atoms in total. The van der Waals surface area contributed by atoms with Gasteiger partial charge >= 0.3 is 0 Å². The fourth-order valence-electron chi connectivity index (χ4n) is 0.950. The minimum atomic E-state index is 0.581. The highest BCUT2D eigenvalue weighted by Crippen LogP contribution is 2.00. The van der Waals surface area contributed by atoms with E-state index in [9.17, 15) is 0 Å². The lowest BCUT2D eigenvalue weighted by molar-refractivity contribution is 1.22. The van der Waals surface area contributed by atoms with E-state index < -0.39 is 0 Å². The fourth-order valence-corrected chi connectivity index (χ4v) is 0.950. The molecule has 0 radical (unpaired) electrons. The fraction of sp³-hybridized carbons (Fsp3) is 0.182. The van der Waals surface area contributed by atoms with Crippen LogP contribution in [0.15, 0.2) is 42.5 Å². The Morgan fingerprint density at radius 1 is 1.33 bits per heavy atom. The van der Waals surface area contributed by atoms with Gasteiger partial charge in [0, 0.05) is 0 Å². The van der Waals surface area contributed by atoms with Crippen molar-refractivity contribution in [1.82, 2.24) is 0 Å². The maximum Gasteiger partial charge on any atom is 0.0609 e. The summed E-state index contributed by atoms with van der Waals surface area (Å²) in [6, 6.07) is 9.75. The molecule has 0 saturated carbocycles. The number of hydrogen-bond donors (Lipinski definition) is 1. The maximum absolute atomic E-state index is 7.65. The van der Waals surface area contributed by atoms with Crippen LogP contribution in [0.3, 0.4) is 0 Å². The zero-order valence-electron chi connectivity index (χ0n) is 7.25. The summed E-state index contributed by atoms with van der Waals surface area (Å²) in [5, 5.41) is 7.65. The summed E-state index contributed by atoms with van der Waals surface area (Å²) < 4.78 is 0. The molecule has 0 bridgehead atoms. The maximum atomic E-state index is 7.65. The summed E-state index contributed by atoms with van der Waals surface area (Å²) in [6.07, 6.45) is 4.82. The Morgan fingerprint density at radius 2 is 2.00 bits per heavy atom. The Morgan fingerprint density at radius 3 is 2.58 bits per heavy atom. The van der Waals surface area contributed by atoms with Crippen LogP contribution in [-0.4, -0.2) is 5.71 Å². The first-order valence-electron chi connectivity index (χ1n) is 4.15. The number of allylic oxidation sites excluding steroid dienone is 2. The van der Waals surface area contributed by atoms with Crippen LogP contribution < -0.4 is 0 Å². The van der Waals surface area contributed by atoms with Crippen LogP contribution >= 0.6 is 0 Å². The summed E-state index contributed by atoms with van der Waals surface area (Å²) >= 11 is 0. The van der Waals surface area contributed by atoms with Gasteiger partial charge < -0.3 is 5.41 Å². The van der Waals surface area contributed by atoms with Crippen molar-refractivity contribution in [3.05, 3.63) is 48.0 Å². The van der Waals surface area contributed by atoms with Gasteiger partial charge in [0.25, 0.3) is 0 Å². The zero-order chi connectivity index (χ0) is 8.81. The molecule has 62 valence electrons. The van der Waals surface area contributed by atoms with Crippen LogP contribution in [-0.2, 0) is 0 Å². The smallest absolute Gasteiger partial charge is 0.0609 e. The van der Waals surface area contributed by atoms with Gasteiger partial charge in [0.1, 0.15) is 0 Å². The van der Waals surface area contributed by atoms with Crippen LogP contribution in [0.4, 0.5) is 0 Å². The second-order valence-corrected chi connectivity index (χ2v) is 2.59. The SMILES string of the molecule is CC/C=C\C(=N)c1ccccc1. The second-order valence-electron chi connectivity index (χ2n) is 2.59. The third-order valence-electron chi connectivity index (χ3n) is 1.61. The molecule has 1 N–H and O–H groups in total. The highest BCUT2D eigenvalue weighted by Gasteiger charge is 1.92. The Labute approximate surface area is 73.3 Å². The van der Waals surface area contributed by atoms with Crippen LogP contribution in [0.5, 0.6) is 0 Å². The number of rotatable bonds is 3. The monoisotopic (exact) mass is 159 g/mol. The lowest BCUT2D eigenvalue weighted by Crippen LogP contribution is -1.92. The highest BCUT2D eigenvalue weighted by molar-refractivity contribution is 6.06. The van der Waals surface area contributed by atoms with E-state index in [1.807, 2.05) is 42.5 Å². The third kappa shape index (κ3) is 2.35. The molecule has 0 aliphatic heterocycles. The topological polar surface area (TPSA) is 23.9 Å². The summed E-state index contributed by atoms with van der Waals surface area (Å²) in [6.45, 7) is 2.06. The van der Waals surface area contributed by atoms with E-state index in [4.69, 9.17) is 5.41 Å². The normalized spacial score (nSPS) is 10.4. The Kier molecular flexibility index (Phi) is 3.27. The van der Waals surface area contributed by atoms with Crippen molar-refractivity contribution in [3.63, 3.8) is 0 Å². The summed E-state index contributed by atoms with van der Waals surface area (Å²) in [5.74, 6) is 0. The Balaban J connectivity index is 2.72. The molecule has 0 unspecified atom stereocenters. The average molecular weight is 159 g/mol. The van der Waals surface area contributed by atoms with E-state index in [0.717, 1.165) is 12.0 Å². The van der Waals surface area contributed by atoms with Crippen LogP contribution in [0.1, 0.15) is 18.9 Å². The van der Waals surface area contributed by atoms with Gasteiger partial charge in [-0.05, 0) is 18.1 Å². The first-order valence-corrected chi connectivity index (χ1v) is 4.15. The van der Waals surface area contributed by atoms with Gasteiger partial charge in [-0.15, -0.1) is 0 Å². The molecule has 0 atom stereocenters. The van der Waals surface area contributed by atoms with Crippen molar-refractivity contribution >= 4 is 5.71 Å². The number of nitrogens with one attached hydrogen (secondary N) is 1. The first-order chi connectivity index (χ1) is 5.84. The van der Waals surface area contributed by atoms with E-state index in [1.165, 1.54) is 0 Å². The zero-order valence-corrected chi connectivity index (χ0v) is 7.25. The Bertz CT molecular complexity index is 272. The molecule has 1 aromatic carbocycles. The van der Waals surface area contributed by atoms with E-state index in [-0.39, 0.29) is 0 Å². The predicted octanol–water partition coefficient (Wildman–Crippen LogP) is 3.02. The Hall–Kier alpha value is -1.37. The predicted molar refractivity (Wildman–Crippen MR) is 52.7 cm³/mol. The molecule has 0 spiro atoms. The molecular formula is C11H13N. The molecule has 0 fully saturated rings. The van der Waals surface area contributed by atoms with Crippen LogP contribution in [0.25, 0.3) is 0 Å². The van der Waals surface area contributed by atoms with E-state index in [2.05, 4.69) is 6.92 Å². The molecule has 1 rings (SSSR count). The largest absolute Gasteiger partial charge is 0.300 e. The minimum Gasteiger partial charge on any atom is -0.300 e. The number of benzene rings is 1. The van der Waals surface area contributed by atoms with Gasteiger partial charge in [0.2, 0.25) is 0 Å². The third-order valence-corrected chi connectivity index (χ3v) is 1.61. The van der Waals surface area contributed by atoms with Crippen molar-refractivity contribution in [2.75, 3.05) is 0 Å². The van der Waals surface area contributed by atoms with Crippen molar-refractivity contribution < 1.29 is 0 Å².